The van der Waals surface area contributed by atoms with Gasteiger partial charge in [0.1, 0.15) is 0 Å². The van der Waals surface area contributed by atoms with Crippen molar-refractivity contribution in [2.75, 3.05) is 18.7 Å². The van der Waals surface area contributed by atoms with Crippen LogP contribution in [0.4, 0.5) is 11.4 Å². The van der Waals surface area contributed by atoms with Gasteiger partial charge in [0, 0.05) is 12.1 Å². The number of amides is 1. The van der Waals surface area contributed by atoms with Crippen molar-refractivity contribution in [1.29, 1.82) is 0 Å². The van der Waals surface area contributed by atoms with Crippen LogP contribution in [0, 0.1) is 10.1 Å². The quantitative estimate of drug-likeness (QED) is 0.431. The van der Waals surface area contributed by atoms with Gasteiger partial charge < -0.3 is 9.47 Å². The molecule has 0 radical (unpaired) electrons. The first-order valence-electron chi connectivity index (χ1n) is 8.61. The van der Waals surface area contributed by atoms with E-state index in [1.165, 1.54) is 29.3 Å². The molecular weight excluding hydrogens is 362 g/mol. The predicted molar refractivity (Wildman–Crippen MR) is 106 cm³/mol. The van der Waals surface area contributed by atoms with Gasteiger partial charge in [0.25, 0.3) is 11.6 Å². The van der Waals surface area contributed by atoms with E-state index in [1.807, 2.05) is 13.0 Å². The summed E-state index contributed by atoms with van der Waals surface area (Å²) in [4.78, 5) is 23.1. The van der Waals surface area contributed by atoms with E-state index in [9.17, 15) is 14.9 Å². The molecule has 0 aliphatic carbocycles. The van der Waals surface area contributed by atoms with Gasteiger partial charge in [-0.2, -0.15) is 10.1 Å². The average Bonchev–Trinajstić information content (AvgIpc) is 2.97. The highest BCUT2D eigenvalue weighted by Crippen LogP contribution is 2.31. The fourth-order valence-electron chi connectivity index (χ4n) is 2.79. The summed E-state index contributed by atoms with van der Waals surface area (Å²) in [5, 5.41) is 16.3. The Hall–Kier alpha value is -3.68. The molecule has 8 nitrogen and oxygen atoms in total. The van der Waals surface area contributed by atoms with Crippen LogP contribution < -0.4 is 14.5 Å². The molecule has 144 valence electrons. The fourth-order valence-corrected chi connectivity index (χ4v) is 2.79. The van der Waals surface area contributed by atoms with E-state index >= 15 is 0 Å². The van der Waals surface area contributed by atoms with Crippen LogP contribution in [-0.2, 0) is 4.79 Å². The number of hydrazone groups is 1. The summed E-state index contributed by atoms with van der Waals surface area (Å²) in [6.45, 7) is 4.14. The molecule has 0 bridgehead atoms. The van der Waals surface area contributed by atoms with Crippen LogP contribution >= 0.6 is 0 Å². The van der Waals surface area contributed by atoms with Crippen LogP contribution in [0.5, 0.6) is 11.5 Å². The van der Waals surface area contributed by atoms with Crippen molar-refractivity contribution >= 4 is 29.1 Å². The number of nitrogens with zero attached hydrogens (tertiary/aromatic N) is 3. The summed E-state index contributed by atoms with van der Waals surface area (Å²) in [5.41, 5.74) is 2.17. The molecule has 0 saturated carbocycles. The van der Waals surface area contributed by atoms with Crippen molar-refractivity contribution in [2.45, 2.75) is 13.8 Å². The van der Waals surface area contributed by atoms with Crippen LogP contribution in [0.15, 0.2) is 53.1 Å². The first-order valence-corrected chi connectivity index (χ1v) is 8.61. The maximum absolute atomic E-state index is 12.8. The number of non-ortho nitro benzene ring substituents is 1. The zero-order valence-electron chi connectivity index (χ0n) is 15.7. The number of hydrogen-bond acceptors (Lipinski definition) is 6. The SMILES string of the molecule is CCOc1ccc(/C=C2\C(=O)N(c3ccc([N+](=O)[O-])cc3)N=C2C)cc1OC. The molecular formula is C20H19N3O5. The molecule has 8 heteroatoms. The number of hydrogen-bond donors (Lipinski definition) is 0. The Morgan fingerprint density at radius 1 is 1.18 bits per heavy atom. The molecule has 0 aromatic heterocycles. The first kappa shape index (κ1) is 19.1. The second-order valence-corrected chi connectivity index (χ2v) is 5.98. The lowest BCUT2D eigenvalue weighted by atomic mass is 10.1. The third-order valence-electron chi connectivity index (χ3n) is 4.17. The molecule has 0 fully saturated rings. The Labute approximate surface area is 161 Å². The van der Waals surface area contributed by atoms with Gasteiger partial charge in [-0.25, -0.2) is 0 Å². The third kappa shape index (κ3) is 3.71. The summed E-state index contributed by atoms with van der Waals surface area (Å²) in [7, 11) is 1.55. The molecule has 1 aliphatic heterocycles. The van der Waals surface area contributed by atoms with Gasteiger partial charge in [-0.1, -0.05) is 6.07 Å². The topological polar surface area (TPSA) is 94.3 Å². The average molecular weight is 381 g/mol. The monoisotopic (exact) mass is 381 g/mol. The van der Waals surface area contributed by atoms with E-state index in [4.69, 9.17) is 9.47 Å². The van der Waals surface area contributed by atoms with E-state index in [0.717, 1.165) is 5.56 Å². The molecule has 0 unspecified atom stereocenters. The van der Waals surface area contributed by atoms with Crippen molar-refractivity contribution in [2.24, 2.45) is 5.10 Å². The van der Waals surface area contributed by atoms with Gasteiger partial charge >= 0.3 is 0 Å². The molecule has 28 heavy (non-hydrogen) atoms. The molecule has 1 aliphatic rings. The van der Waals surface area contributed by atoms with E-state index < -0.39 is 4.92 Å². The van der Waals surface area contributed by atoms with Gasteiger partial charge in [0.05, 0.1) is 35.6 Å². The number of carbonyl (C=O) groups excluding carboxylic acids is 1. The summed E-state index contributed by atoms with van der Waals surface area (Å²) < 4.78 is 10.8. The van der Waals surface area contributed by atoms with E-state index in [1.54, 1.807) is 32.2 Å². The minimum absolute atomic E-state index is 0.0478. The maximum Gasteiger partial charge on any atom is 0.280 e. The number of carbonyl (C=O) groups is 1. The van der Waals surface area contributed by atoms with Crippen LogP contribution in [0.25, 0.3) is 6.08 Å². The summed E-state index contributed by atoms with van der Waals surface area (Å²) in [5.74, 6) is 0.894. The van der Waals surface area contributed by atoms with Gasteiger partial charge in [0.15, 0.2) is 11.5 Å². The Morgan fingerprint density at radius 3 is 2.50 bits per heavy atom. The second-order valence-electron chi connectivity index (χ2n) is 5.98. The van der Waals surface area contributed by atoms with Crippen molar-refractivity contribution in [1.82, 2.24) is 0 Å². The summed E-state index contributed by atoms with van der Waals surface area (Å²) >= 11 is 0. The molecule has 0 saturated heterocycles. The van der Waals surface area contributed by atoms with Gasteiger partial charge in [-0.05, 0) is 49.8 Å². The largest absolute Gasteiger partial charge is 0.493 e. The van der Waals surface area contributed by atoms with Crippen LogP contribution in [0.2, 0.25) is 0 Å². The number of nitro groups is 1. The molecule has 2 aromatic rings. The Bertz CT molecular complexity index is 980. The minimum Gasteiger partial charge on any atom is -0.493 e. The smallest absolute Gasteiger partial charge is 0.280 e. The zero-order valence-corrected chi connectivity index (χ0v) is 15.7. The number of anilines is 1. The van der Waals surface area contributed by atoms with E-state index in [-0.39, 0.29) is 11.6 Å². The van der Waals surface area contributed by atoms with Crippen LogP contribution in [0.1, 0.15) is 19.4 Å². The molecule has 2 aromatic carbocycles. The molecule has 3 rings (SSSR count). The van der Waals surface area contributed by atoms with Gasteiger partial charge in [-0.15, -0.1) is 0 Å². The second kappa shape index (κ2) is 7.91. The number of methoxy groups -OCH3 is 1. The van der Waals surface area contributed by atoms with E-state index in [0.29, 0.717) is 35.1 Å². The highest BCUT2D eigenvalue weighted by Gasteiger charge is 2.29. The lowest BCUT2D eigenvalue weighted by Gasteiger charge is -2.11. The first-order chi connectivity index (χ1) is 13.4. The fraction of sp³-hybridized carbons (Fsp3) is 0.200. The predicted octanol–water partition coefficient (Wildman–Crippen LogP) is 3.81. The Kier molecular flexibility index (Phi) is 5.39. The number of nitro benzene ring substituents is 1. The summed E-state index contributed by atoms with van der Waals surface area (Å²) in [6, 6.07) is 11.1. The highest BCUT2D eigenvalue weighted by molar-refractivity contribution is 6.32. The van der Waals surface area contributed by atoms with E-state index in [2.05, 4.69) is 5.10 Å². The lowest BCUT2D eigenvalue weighted by molar-refractivity contribution is -0.384. The lowest BCUT2D eigenvalue weighted by Crippen LogP contribution is -2.21. The van der Waals surface area contributed by atoms with Gasteiger partial charge in [-0.3, -0.25) is 14.9 Å². The van der Waals surface area contributed by atoms with Crippen molar-refractivity contribution in [3.05, 3.63) is 63.7 Å². The maximum atomic E-state index is 12.8. The third-order valence-corrected chi connectivity index (χ3v) is 4.17. The van der Waals surface area contributed by atoms with Crippen molar-refractivity contribution in [3.63, 3.8) is 0 Å². The minimum atomic E-state index is -0.491. The normalized spacial score (nSPS) is 15.0. The zero-order chi connectivity index (χ0) is 20.3. The molecule has 0 N–H and O–H groups in total. The molecule has 0 atom stereocenters. The van der Waals surface area contributed by atoms with Crippen LogP contribution in [-0.4, -0.2) is 30.3 Å². The van der Waals surface area contributed by atoms with Crippen LogP contribution in [0.3, 0.4) is 0 Å². The summed E-state index contributed by atoms with van der Waals surface area (Å²) in [6.07, 6.45) is 1.73. The molecule has 1 amide bonds. The highest BCUT2D eigenvalue weighted by atomic mass is 16.6. The number of ether oxygens (including phenoxy) is 2. The Balaban J connectivity index is 1.89. The van der Waals surface area contributed by atoms with Gasteiger partial charge in [0.2, 0.25) is 0 Å². The van der Waals surface area contributed by atoms with Crippen molar-refractivity contribution < 1.29 is 19.2 Å². The van der Waals surface area contributed by atoms with Crippen molar-refractivity contribution in [3.8, 4) is 11.5 Å². The number of benzene rings is 2. The number of rotatable bonds is 6. The molecule has 0 spiro atoms. The Morgan fingerprint density at radius 2 is 1.89 bits per heavy atom. The molecule has 1 heterocycles. The standard InChI is InChI=1S/C20H19N3O5/c1-4-28-18-10-5-14(12-19(18)27-3)11-17-13(2)21-22(20(17)24)15-6-8-16(9-7-15)23(25)26/h5-12H,4H2,1-3H3/b17-11-.